The van der Waals surface area contributed by atoms with Crippen molar-refractivity contribution in [1.82, 2.24) is 9.97 Å². The molecule has 0 bridgehead atoms. The zero-order valence-electron chi connectivity index (χ0n) is 9.69. The van der Waals surface area contributed by atoms with E-state index in [4.69, 9.17) is 4.74 Å². The molecule has 0 radical (unpaired) electrons. The second-order valence-electron chi connectivity index (χ2n) is 3.68. The number of para-hydroxylation sites is 1. The number of nitrogens with one attached hydrogen (secondary N) is 1. The standard InChI is InChI=1S/C13H15BrN2O/c1-2-17-12-6-4-3-5-10(12)11(14)9-13-15-7-8-16-13/h3-8,11H,2,9H2,1H3,(H,15,16). The first-order chi connectivity index (χ1) is 8.31. The summed E-state index contributed by atoms with van der Waals surface area (Å²) in [4.78, 5) is 7.54. The van der Waals surface area contributed by atoms with Gasteiger partial charge in [0.15, 0.2) is 0 Å². The minimum Gasteiger partial charge on any atom is -0.494 e. The van der Waals surface area contributed by atoms with Crippen LogP contribution in [0, 0.1) is 0 Å². The number of nitrogens with zero attached hydrogens (tertiary/aromatic N) is 1. The highest BCUT2D eigenvalue weighted by Crippen LogP contribution is 2.33. The maximum atomic E-state index is 5.62. The molecule has 1 aromatic heterocycles. The van der Waals surface area contributed by atoms with Gasteiger partial charge < -0.3 is 9.72 Å². The Bertz CT molecular complexity index is 456. The van der Waals surface area contributed by atoms with E-state index in [9.17, 15) is 0 Å². The Labute approximate surface area is 109 Å². The van der Waals surface area contributed by atoms with Gasteiger partial charge in [0, 0.05) is 24.4 Å². The van der Waals surface area contributed by atoms with Crippen LogP contribution in [0.25, 0.3) is 0 Å². The van der Waals surface area contributed by atoms with Gasteiger partial charge in [0.05, 0.1) is 11.4 Å². The van der Waals surface area contributed by atoms with E-state index < -0.39 is 0 Å². The lowest BCUT2D eigenvalue weighted by Gasteiger charge is -2.14. The highest BCUT2D eigenvalue weighted by molar-refractivity contribution is 9.09. The number of halogens is 1. The van der Waals surface area contributed by atoms with Crippen LogP contribution in [0.1, 0.15) is 23.1 Å². The zero-order valence-corrected chi connectivity index (χ0v) is 11.3. The van der Waals surface area contributed by atoms with E-state index in [2.05, 4.69) is 32.0 Å². The third-order valence-electron chi connectivity index (χ3n) is 2.48. The number of ether oxygens (including phenoxy) is 1. The third kappa shape index (κ3) is 3.09. The molecule has 90 valence electrons. The van der Waals surface area contributed by atoms with Gasteiger partial charge in [-0.1, -0.05) is 34.1 Å². The van der Waals surface area contributed by atoms with Crippen LogP contribution in [0.15, 0.2) is 36.7 Å². The van der Waals surface area contributed by atoms with Gasteiger partial charge in [-0.25, -0.2) is 4.98 Å². The number of hydrogen-bond donors (Lipinski definition) is 1. The summed E-state index contributed by atoms with van der Waals surface area (Å²) in [5.41, 5.74) is 1.16. The Kier molecular flexibility index (Phi) is 4.20. The Hall–Kier alpha value is -1.29. The molecule has 1 atom stereocenters. The topological polar surface area (TPSA) is 37.9 Å². The number of H-pyrrole nitrogens is 1. The largest absolute Gasteiger partial charge is 0.494 e. The van der Waals surface area contributed by atoms with E-state index >= 15 is 0 Å². The first kappa shape index (κ1) is 12.2. The summed E-state index contributed by atoms with van der Waals surface area (Å²) in [6, 6.07) is 8.08. The number of alkyl halides is 1. The fraction of sp³-hybridized carbons (Fsp3) is 0.308. The highest BCUT2D eigenvalue weighted by Gasteiger charge is 2.14. The van der Waals surface area contributed by atoms with Crippen molar-refractivity contribution in [3.8, 4) is 5.75 Å². The van der Waals surface area contributed by atoms with Gasteiger partial charge in [-0.2, -0.15) is 0 Å². The molecule has 1 unspecified atom stereocenters. The first-order valence-electron chi connectivity index (χ1n) is 5.65. The third-order valence-corrected chi connectivity index (χ3v) is 3.30. The lowest BCUT2D eigenvalue weighted by atomic mass is 10.1. The van der Waals surface area contributed by atoms with Gasteiger partial charge in [0.25, 0.3) is 0 Å². The molecule has 0 saturated heterocycles. The van der Waals surface area contributed by atoms with Gasteiger partial charge in [-0.15, -0.1) is 0 Å². The van der Waals surface area contributed by atoms with Crippen molar-refractivity contribution in [2.75, 3.05) is 6.61 Å². The molecule has 0 saturated carbocycles. The van der Waals surface area contributed by atoms with Crippen LogP contribution in [0.2, 0.25) is 0 Å². The predicted octanol–water partition coefficient (Wildman–Crippen LogP) is 3.49. The molecular weight excluding hydrogens is 280 g/mol. The average molecular weight is 295 g/mol. The summed E-state index contributed by atoms with van der Waals surface area (Å²) < 4.78 is 5.62. The van der Waals surface area contributed by atoms with Crippen LogP contribution < -0.4 is 4.74 Å². The monoisotopic (exact) mass is 294 g/mol. The molecule has 2 rings (SSSR count). The number of rotatable bonds is 5. The molecule has 0 fully saturated rings. The molecule has 4 heteroatoms. The van der Waals surface area contributed by atoms with Gasteiger partial charge in [-0.3, -0.25) is 0 Å². The maximum Gasteiger partial charge on any atom is 0.123 e. The minimum atomic E-state index is 0.205. The van der Waals surface area contributed by atoms with Crippen LogP contribution >= 0.6 is 15.9 Å². The van der Waals surface area contributed by atoms with E-state index in [1.807, 2.05) is 31.3 Å². The van der Waals surface area contributed by atoms with E-state index in [1.54, 1.807) is 6.20 Å². The molecule has 3 nitrogen and oxygen atoms in total. The number of benzene rings is 1. The number of aromatic nitrogens is 2. The van der Waals surface area contributed by atoms with E-state index in [1.165, 1.54) is 0 Å². The van der Waals surface area contributed by atoms with Crippen molar-refractivity contribution < 1.29 is 4.74 Å². The fourth-order valence-electron chi connectivity index (χ4n) is 1.72. The quantitative estimate of drug-likeness (QED) is 0.857. The van der Waals surface area contributed by atoms with E-state index in [-0.39, 0.29) is 4.83 Å². The average Bonchev–Trinajstić information content (AvgIpc) is 2.83. The van der Waals surface area contributed by atoms with E-state index in [0.717, 1.165) is 23.6 Å². The van der Waals surface area contributed by atoms with Gasteiger partial charge >= 0.3 is 0 Å². The smallest absolute Gasteiger partial charge is 0.123 e. The predicted molar refractivity (Wildman–Crippen MR) is 71.6 cm³/mol. The summed E-state index contributed by atoms with van der Waals surface area (Å²) in [5.74, 6) is 1.90. The molecular formula is C13H15BrN2O. The van der Waals surface area contributed by atoms with Crippen molar-refractivity contribution in [2.45, 2.75) is 18.2 Å². The minimum absolute atomic E-state index is 0.205. The first-order valence-corrected chi connectivity index (χ1v) is 6.57. The molecule has 1 aromatic carbocycles. The SMILES string of the molecule is CCOc1ccccc1C(Br)Cc1ncc[nH]1. The second-order valence-corrected chi connectivity index (χ2v) is 4.78. The van der Waals surface area contributed by atoms with E-state index in [0.29, 0.717) is 6.61 Å². The summed E-state index contributed by atoms with van der Waals surface area (Å²) in [6.45, 7) is 2.67. The van der Waals surface area contributed by atoms with Crippen LogP contribution in [-0.4, -0.2) is 16.6 Å². The van der Waals surface area contributed by atoms with Crippen molar-refractivity contribution in [2.24, 2.45) is 0 Å². The van der Waals surface area contributed by atoms with Crippen molar-refractivity contribution in [3.05, 3.63) is 48.0 Å². The fourth-order valence-corrected chi connectivity index (χ4v) is 2.40. The lowest BCUT2D eigenvalue weighted by Crippen LogP contribution is -2.01. The Morgan fingerprint density at radius 3 is 2.94 bits per heavy atom. The summed E-state index contributed by atoms with van der Waals surface area (Å²) in [7, 11) is 0. The summed E-state index contributed by atoms with van der Waals surface area (Å²) in [6.07, 6.45) is 4.42. The second kappa shape index (κ2) is 5.87. The normalized spacial score (nSPS) is 12.4. The van der Waals surface area contributed by atoms with Crippen LogP contribution in [0.4, 0.5) is 0 Å². The Balaban J connectivity index is 2.15. The molecule has 0 aliphatic heterocycles. The molecule has 1 heterocycles. The Morgan fingerprint density at radius 1 is 1.41 bits per heavy atom. The summed E-state index contributed by atoms with van der Waals surface area (Å²) in [5, 5.41) is 0. The molecule has 0 aliphatic rings. The number of imidazole rings is 1. The van der Waals surface area contributed by atoms with Crippen LogP contribution in [0.5, 0.6) is 5.75 Å². The molecule has 17 heavy (non-hydrogen) atoms. The van der Waals surface area contributed by atoms with Crippen molar-refractivity contribution >= 4 is 15.9 Å². The van der Waals surface area contributed by atoms with Gasteiger partial charge in [-0.05, 0) is 13.0 Å². The Morgan fingerprint density at radius 2 is 2.24 bits per heavy atom. The van der Waals surface area contributed by atoms with Gasteiger partial charge in [0.2, 0.25) is 0 Å². The molecule has 0 amide bonds. The van der Waals surface area contributed by atoms with Crippen LogP contribution in [0.3, 0.4) is 0 Å². The summed E-state index contributed by atoms with van der Waals surface area (Å²) >= 11 is 3.69. The van der Waals surface area contributed by atoms with Crippen LogP contribution in [-0.2, 0) is 6.42 Å². The van der Waals surface area contributed by atoms with Gasteiger partial charge in [0.1, 0.15) is 11.6 Å². The number of aromatic amines is 1. The molecule has 0 spiro atoms. The maximum absolute atomic E-state index is 5.62. The molecule has 0 aliphatic carbocycles. The van der Waals surface area contributed by atoms with Crippen molar-refractivity contribution in [3.63, 3.8) is 0 Å². The zero-order chi connectivity index (χ0) is 12.1. The van der Waals surface area contributed by atoms with Crippen molar-refractivity contribution in [1.29, 1.82) is 0 Å². The number of hydrogen-bond acceptors (Lipinski definition) is 2. The molecule has 1 N–H and O–H groups in total. The lowest BCUT2D eigenvalue weighted by molar-refractivity contribution is 0.336. The highest BCUT2D eigenvalue weighted by atomic mass is 79.9. The molecule has 2 aromatic rings.